The Labute approximate surface area is 157 Å². The highest BCUT2D eigenvalue weighted by Gasteiger charge is 2.32. The normalized spacial score (nSPS) is 13.0. The predicted octanol–water partition coefficient (Wildman–Crippen LogP) is 5.89. The maximum atomic E-state index is 13.1. The van der Waals surface area contributed by atoms with Crippen LogP contribution in [0.5, 0.6) is 0 Å². The van der Waals surface area contributed by atoms with Crippen molar-refractivity contribution in [3.8, 4) is 0 Å². The summed E-state index contributed by atoms with van der Waals surface area (Å²) in [4.78, 5) is 13.3. The molecule has 0 aromatic heterocycles. The first-order chi connectivity index (χ1) is 12.2. The molecule has 0 heterocycles. The van der Waals surface area contributed by atoms with Gasteiger partial charge in [0.1, 0.15) is 10.6 Å². The maximum Gasteiger partial charge on any atom is 0.416 e. The molecule has 1 unspecified atom stereocenters. The Morgan fingerprint density at radius 1 is 1.19 bits per heavy atom. The monoisotopic (exact) mass is 429 g/mol. The van der Waals surface area contributed by atoms with Gasteiger partial charge in [-0.25, -0.2) is 4.39 Å². The number of amides is 1. The number of benzene rings is 2. The largest absolute Gasteiger partial charge is 0.416 e. The minimum atomic E-state index is -4.50. The van der Waals surface area contributed by atoms with Crippen LogP contribution in [0.1, 0.15) is 22.9 Å². The van der Waals surface area contributed by atoms with E-state index in [1.54, 1.807) is 19.1 Å². The third kappa shape index (κ3) is 4.94. The molecular weight excluding hydrogens is 414 g/mol. The van der Waals surface area contributed by atoms with Crippen molar-refractivity contribution in [1.29, 1.82) is 0 Å². The van der Waals surface area contributed by atoms with Crippen LogP contribution in [0, 0.1) is 5.82 Å². The van der Waals surface area contributed by atoms with E-state index in [9.17, 15) is 22.4 Å². The summed E-state index contributed by atoms with van der Waals surface area (Å²) in [6.07, 6.45) is -1.13. The number of anilines is 1. The average Bonchev–Trinajstić information content (AvgIpc) is 2.61. The van der Waals surface area contributed by atoms with Gasteiger partial charge in [-0.15, -0.1) is 0 Å². The summed E-state index contributed by atoms with van der Waals surface area (Å²) in [5.74, 6) is -0.890. The summed E-state index contributed by atoms with van der Waals surface area (Å²) in [6, 6.07) is 9.93. The quantitative estimate of drug-likeness (QED) is 0.329. The molecule has 1 amide bonds. The Balaban J connectivity index is 2.37. The number of allylic oxidation sites excluding steroid dienone is 1. The highest BCUT2D eigenvalue weighted by Crippen LogP contribution is 2.33. The molecule has 0 fully saturated rings. The Bertz CT molecular complexity index is 787. The lowest BCUT2D eigenvalue weighted by Gasteiger charge is -2.25. The molecule has 0 bridgehead atoms. The third-order valence-electron chi connectivity index (χ3n) is 3.65. The number of hydrogen-bond acceptors (Lipinski definition) is 1. The fourth-order valence-corrected chi connectivity index (χ4v) is 2.85. The maximum absolute atomic E-state index is 13.1. The zero-order chi connectivity index (χ0) is 19.3. The first kappa shape index (κ1) is 20.2. The molecule has 2 rings (SSSR count). The average molecular weight is 430 g/mol. The van der Waals surface area contributed by atoms with Crippen molar-refractivity contribution < 1.29 is 22.4 Å². The Kier molecular flexibility index (Phi) is 6.58. The Morgan fingerprint density at radius 3 is 2.42 bits per heavy atom. The second-order valence-electron chi connectivity index (χ2n) is 5.48. The van der Waals surface area contributed by atoms with E-state index in [0.717, 1.165) is 12.1 Å². The van der Waals surface area contributed by atoms with Crippen molar-refractivity contribution in [3.05, 3.63) is 77.6 Å². The van der Waals surface area contributed by atoms with Gasteiger partial charge >= 0.3 is 6.18 Å². The van der Waals surface area contributed by atoms with Gasteiger partial charge in [0.25, 0.3) is 0 Å². The first-order valence-corrected chi connectivity index (χ1v) is 8.65. The molecule has 2 aromatic rings. The van der Waals surface area contributed by atoms with Crippen LogP contribution in [-0.4, -0.2) is 12.5 Å². The van der Waals surface area contributed by atoms with Crippen molar-refractivity contribution in [3.63, 3.8) is 0 Å². The summed E-state index contributed by atoms with van der Waals surface area (Å²) in [7, 11) is 0. The van der Waals surface area contributed by atoms with Gasteiger partial charge < -0.3 is 4.90 Å². The van der Waals surface area contributed by atoms with E-state index in [4.69, 9.17) is 0 Å². The Morgan fingerprint density at radius 2 is 1.85 bits per heavy atom. The number of alkyl halides is 4. The lowest BCUT2D eigenvalue weighted by molar-refractivity contribution is -0.137. The molecule has 0 saturated heterocycles. The van der Waals surface area contributed by atoms with Crippen molar-refractivity contribution >= 4 is 27.5 Å². The molecule has 1 atom stereocenters. The molecule has 7 heteroatoms. The van der Waals surface area contributed by atoms with E-state index in [2.05, 4.69) is 15.9 Å². The minimum Gasteiger partial charge on any atom is -0.307 e. The lowest BCUT2D eigenvalue weighted by atomic mass is 10.1. The summed E-state index contributed by atoms with van der Waals surface area (Å²) in [5, 5.41) is 0. The van der Waals surface area contributed by atoms with Crippen LogP contribution >= 0.6 is 15.9 Å². The van der Waals surface area contributed by atoms with Gasteiger partial charge in [0.05, 0.1) is 5.56 Å². The standard InChI is InChI=1S/C19H16BrF4NO/c1-2-3-11-25(16-6-4-5-14(12-16)19(22,23)24)18(26)17(20)13-7-9-15(21)10-8-13/h2-10,12,17H,11H2,1H3/b3-2+. The molecule has 0 aliphatic rings. The molecular formula is C19H16BrF4NO. The smallest absolute Gasteiger partial charge is 0.307 e. The molecule has 2 nitrogen and oxygen atoms in total. The zero-order valence-corrected chi connectivity index (χ0v) is 15.4. The second-order valence-corrected chi connectivity index (χ2v) is 6.40. The molecule has 138 valence electrons. The highest BCUT2D eigenvalue weighted by molar-refractivity contribution is 9.09. The fourth-order valence-electron chi connectivity index (χ4n) is 2.29. The summed E-state index contributed by atoms with van der Waals surface area (Å²) < 4.78 is 52.0. The van der Waals surface area contributed by atoms with Gasteiger partial charge in [0, 0.05) is 12.2 Å². The van der Waals surface area contributed by atoms with Crippen LogP contribution in [0.2, 0.25) is 0 Å². The van der Waals surface area contributed by atoms with Gasteiger partial charge in [-0.05, 0) is 42.8 Å². The van der Waals surface area contributed by atoms with Crippen LogP contribution in [0.25, 0.3) is 0 Å². The molecule has 0 radical (unpaired) electrons. The third-order valence-corrected chi connectivity index (χ3v) is 4.57. The molecule has 0 aliphatic carbocycles. The van der Waals surface area contributed by atoms with Gasteiger partial charge in [0.15, 0.2) is 0 Å². The topological polar surface area (TPSA) is 20.3 Å². The number of nitrogens with zero attached hydrogens (tertiary/aromatic N) is 1. The minimum absolute atomic E-state index is 0.111. The molecule has 0 spiro atoms. The van der Waals surface area contributed by atoms with Crippen molar-refractivity contribution in [2.75, 3.05) is 11.4 Å². The van der Waals surface area contributed by atoms with Crippen LogP contribution < -0.4 is 4.90 Å². The number of halogens is 5. The van der Waals surface area contributed by atoms with Crippen LogP contribution in [0.4, 0.5) is 23.2 Å². The van der Waals surface area contributed by atoms with Gasteiger partial charge in [0.2, 0.25) is 5.91 Å². The summed E-state index contributed by atoms with van der Waals surface area (Å²) in [6.45, 7) is 1.86. The zero-order valence-electron chi connectivity index (χ0n) is 13.8. The van der Waals surface area contributed by atoms with Crippen LogP contribution in [-0.2, 0) is 11.0 Å². The highest BCUT2D eigenvalue weighted by atomic mass is 79.9. The number of carbonyl (C=O) groups is 1. The van der Waals surface area contributed by atoms with Crippen molar-refractivity contribution in [2.24, 2.45) is 0 Å². The van der Waals surface area contributed by atoms with E-state index in [1.807, 2.05) is 0 Å². The molecule has 26 heavy (non-hydrogen) atoms. The van der Waals surface area contributed by atoms with Crippen LogP contribution in [0.3, 0.4) is 0 Å². The van der Waals surface area contributed by atoms with E-state index in [0.29, 0.717) is 5.56 Å². The van der Waals surface area contributed by atoms with Gasteiger partial charge in [-0.2, -0.15) is 13.2 Å². The van der Waals surface area contributed by atoms with Gasteiger partial charge in [-0.1, -0.05) is 46.3 Å². The lowest BCUT2D eigenvalue weighted by Crippen LogP contribution is -2.34. The summed E-state index contributed by atoms with van der Waals surface area (Å²) in [5.41, 5.74) is -0.190. The second kappa shape index (κ2) is 8.49. The first-order valence-electron chi connectivity index (χ1n) is 7.73. The Hall–Kier alpha value is -2.15. The summed E-state index contributed by atoms with van der Waals surface area (Å²) >= 11 is 3.26. The van der Waals surface area contributed by atoms with E-state index >= 15 is 0 Å². The SMILES string of the molecule is C/C=C/CN(C(=O)C(Br)c1ccc(F)cc1)c1cccc(C(F)(F)F)c1. The number of hydrogen-bond donors (Lipinski definition) is 0. The van der Waals surface area contributed by atoms with Gasteiger partial charge in [-0.3, -0.25) is 4.79 Å². The predicted molar refractivity (Wildman–Crippen MR) is 96.7 cm³/mol. The molecule has 0 saturated carbocycles. The fraction of sp³-hybridized carbons (Fsp3) is 0.211. The van der Waals surface area contributed by atoms with E-state index in [1.165, 1.54) is 41.3 Å². The van der Waals surface area contributed by atoms with E-state index in [-0.39, 0.29) is 12.2 Å². The molecule has 0 N–H and O–H groups in total. The van der Waals surface area contributed by atoms with Crippen LogP contribution in [0.15, 0.2) is 60.7 Å². The molecule has 2 aromatic carbocycles. The van der Waals surface area contributed by atoms with Crippen molar-refractivity contribution in [2.45, 2.75) is 17.9 Å². The number of rotatable bonds is 5. The molecule has 0 aliphatic heterocycles. The number of carbonyl (C=O) groups excluding carboxylic acids is 1. The van der Waals surface area contributed by atoms with E-state index < -0.39 is 28.3 Å². The van der Waals surface area contributed by atoms with Crippen molar-refractivity contribution in [1.82, 2.24) is 0 Å².